The Hall–Kier alpha value is -2.22. The maximum absolute atomic E-state index is 12.7. The lowest BCUT2D eigenvalue weighted by atomic mass is 10.0. The first kappa shape index (κ1) is 20.1. The number of aryl methyl sites for hydroxylation is 2. The largest absolute Gasteiger partial charge is 0.381 e. The Labute approximate surface area is 171 Å². The Morgan fingerprint density at radius 2 is 2.00 bits per heavy atom. The molecule has 29 heavy (non-hydrogen) atoms. The summed E-state index contributed by atoms with van der Waals surface area (Å²) >= 11 is 0. The van der Waals surface area contributed by atoms with Gasteiger partial charge in [-0.25, -0.2) is 0 Å². The lowest BCUT2D eigenvalue weighted by molar-refractivity contribution is -0.130. The molecule has 2 aliphatic heterocycles. The Bertz CT molecular complexity index is 853. The number of hydrogen-bond donors (Lipinski definition) is 0. The highest BCUT2D eigenvalue weighted by molar-refractivity contribution is 5.76. The smallest absolute Gasteiger partial charge is 0.229 e. The van der Waals surface area contributed by atoms with Gasteiger partial charge in [-0.2, -0.15) is 10.1 Å². The van der Waals surface area contributed by atoms with Crippen LogP contribution in [0.5, 0.6) is 0 Å². The van der Waals surface area contributed by atoms with Crippen molar-refractivity contribution < 1.29 is 14.1 Å². The highest BCUT2D eigenvalue weighted by Gasteiger charge is 2.29. The number of rotatable bonds is 6. The van der Waals surface area contributed by atoms with Gasteiger partial charge in [0, 0.05) is 57.8 Å². The molecule has 0 aliphatic carbocycles. The van der Waals surface area contributed by atoms with E-state index in [0.717, 1.165) is 81.5 Å². The van der Waals surface area contributed by atoms with Crippen molar-refractivity contribution in [1.29, 1.82) is 0 Å². The molecular formula is C21H31N5O3. The van der Waals surface area contributed by atoms with E-state index in [4.69, 9.17) is 9.26 Å². The zero-order chi connectivity index (χ0) is 20.4. The Morgan fingerprint density at radius 3 is 2.72 bits per heavy atom. The standard InChI is InChI=1S/C21H31N5O3/c1-14-18(15(2)25(3)23-14)4-5-20(27)26-9-6-16(13-26)12-19-22-21(29-24-19)17-7-10-28-11-8-17/h16-17H,4-13H2,1-3H3. The van der Waals surface area contributed by atoms with Crippen molar-refractivity contribution in [1.82, 2.24) is 24.8 Å². The average Bonchev–Trinajstić information content (AvgIpc) is 3.43. The molecule has 2 aromatic rings. The van der Waals surface area contributed by atoms with Crippen LogP contribution in [0.15, 0.2) is 4.52 Å². The number of aromatic nitrogens is 4. The summed E-state index contributed by atoms with van der Waals surface area (Å²) in [6.45, 7) is 7.20. The first-order valence-corrected chi connectivity index (χ1v) is 10.7. The predicted octanol–water partition coefficient (Wildman–Crippen LogP) is 2.34. The molecule has 1 unspecified atom stereocenters. The Kier molecular flexibility index (Phi) is 5.99. The summed E-state index contributed by atoms with van der Waals surface area (Å²) in [4.78, 5) is 19.3. The number of carbonyl (C=O) groups is 1. The third kappa shape index (κ3) is 4.52. The SMILES string of the molecule is Cc1nn(C)c(C)c1CCC(=O)N1CCC(Cc2noc(C3CCOCC3)n2)C1. The molecule has 0 radical (unpaired) electrons. The van der Waals surface area contributed by atoms with Crippen LogP contribution in [0.2, 0.25) is 0 Å². The molecule has 4 heterocycles. The number of amides is 1. The number of hydrogen-bond acceptors (Lipinski definition) is 6. The second-order valence-electron chi connectivity index (χ2n) is 8.41. The van der Waals surface area contributed by atoms with Gasteiger partial charge in [0.25, 0.3) is 0 Å². The molecule has 1 atom stereocenters. The summed E-state index contributed by atoms with van der Waals surface area (Å²) in [7, 11) is 1.95. The fraction of sp³-hybridized carbons (Fsp3) is 0.714. The molecule has 2 fully saturated rings. The molecule has 0 aromatic carbocycles. The molecule has 0 saturated carbocycles. The monoisotopic (exact) mass is 401 g/mol. The maximum Gasteiger partial charge on any atom is 0.229 e. The van der Waals surface area contributed by atoms with E-state index in [1.54, 1.807) is 0 Å². The molecule has 4 rings (SSSR count). The molecule has 8 heteroatoms. The first-order chi connectivity index (χ1) is 14.0. The number of carbonyl (C=O) groups excluding carboxylic acids is 1. The quantitative estimate of drug-likeness (QED) is 0.738. The van der Waals surface area contributed by atoms with Crippen molar-refractivity contribution >= 4 is 5.91 Å². The van der Waals surface area contributed by atoms with Gasteiger partial charge in [-0.05, 0) is 51.0 Å². The minimum Gasteiger partial charge on any atom is -0.381 e. The van der Waals surface area contributed by atoms with Gasteiger partial charge in [0.05, 0.1) is 5.69 Å². The minimum atomic E-state index is 0.228. The van der Waals surface area contributed by atoms with Crippen LogP contribution in [-0.4, -0.2) is 57.0 Å². The van der Waals surface area contributed by atoms with Gasteiger partial charge in [-0.3, -0.25) is 9.48 Å². The molecule has 158 valence electrons. The molecule has 8 nitrogen and oxygen atoms in total. The Morgan fingerprint density at radius 1 is 1.21 bits per heavy atom. The first-order valence-electron chi connectivity index (χ1n) is 10.7. The van der Waals surface area contributed by atoms with Crippen molar-refractivity contribution in [2.24, 2.45) is 13.0 Å². The minimum absolute atomic E-state index is 0.228. The van der Waals surface area contributed by atoms with Gasteiger partial charge in [0.15, 0.2) is 5.82 Å². The van der Waals surface area contributed by atoms with Crippen LogP contribution in [-0.2, 0) is 29.4 Å². The van der Waals surface area contributed by atoms with E-state index < -0.39 is 0 Å². The average molecular weight is 402 g/mol. The number of ether oxygens (including phenoxy) is 1. The number of nitrogens with zero attached hydrogens (tertiary/aromatic N) is 5. The van der Waals surface area contributed by atoms with Crippen LogP contribution in [0.4, 0.5) is 0 Å². The molecule has 0 spiro atoms. The molecule has 0 bridgehead atoms. The van der Waals surface area contributed by atoms with Crippen molar-refractivity contribution in [3.63, 3.8) is 0 Å². The lowest BCUT2D eigenvalue weighted by Gasteiger charge is -2.18. The van der Waals surface area contributed by atoms with Gasteiger partial charge < -0.3 is 14.2 Å². The fourth-order valence-electron chi connectivity index (χ4n) is 4.51. The lowest BCUT2D eigenvalue weighted by Crippen LogP contribution is -2.29. The third-order valence-electron chi connectivity index (χ3n) is 6.41. The normalized spacial score (nSPS) is 20.5. The van der Waals surface area contributed by atoms with Crippen LogP contribution >= 0.6 is 0 Å². The highest BCUT2D eigenvalue weighted by atomic mass is 16.5. The van der Waals surface area contributed by atoms with Crippen LogP contribution in [0.1, 0.15) is 60.3 Å². The summed E-state index contributed by atoms with van der Waals surface area (Å²) in [6, 6.07) is 0. The van der Waals surface area contributed by atoms with Crippen LogP contribution in [0.3, 0.4) is 0 Å². The highest BCUT2D eigenvalue weighted by Crippen LogP contribution is 2.27. The van der Waals surface area contributed by atoms with Crippen molar-refractivity contribution in [3.8, 4) is 0 Å². The van der Waals surface area contributed by atoms with Gasteiger partial charge in [-0.1, -0.05) is 5.16 Å². The maximum atomic E-state index is 12.7. The second kappa shape index (κ2) is 8.65. The Balaban J connectivity index is 1.26. The molecule has 2 saturated heterocycles. The van der Waals surface area contributed by atoms with E-state index in [9.17, 15) is 4.79 Å². The van der Waals surface area contributed by atoms with Gasteiger partial charge in [-0.15, -0.1) is 0 Å². The molecule has 1 amide bonds. The van der Waals surface area contributed by atoms with E-state index in [1.165, 1.54) is 5.56 Å². The summed E-state index contributed by atoms with van der Waals surface area (Å²) < 4.78 is 12.8. The van der Waals surface area contributed by atoms with E-state index >= 15 is 0 Å². The zero-order valence-corrected chi connectivity index (χ0v) is 17.7. The summed E-state index contributed by atoms with van der Waals surface area (Å²) in [5.41, 5.74) is 3.37. The van der Waals surface area contributed by atoms with Crippen LogP contribution in [0, 0.1) is 19.8 Å². The fourth-order valence-corrected chi connectivity index (χ4v) is 4.51. The van der Waals surface area contributed by atoms with E-state index in [0.29, 0.717) is 18.3 Å². The van der Waals surface area contributed by atoms with E-state index in [1.807, 2.05) is 23.6 Å². The van der Waals surface area contributed by atoms with Crippen molar-refractivity contribution in [2.75, 3.05) is 26.3 Å². The van der Waals surface area contributed by atoms with Crippen LogP contribution in [0.25, 0.3) is 0 Å². The molecule has 0 N–H and O–H groups in total. The molecule has 2 aliphatic rings. The molecule has 2 aromatic heterocycles. The number of likely N-dealkylation sites (tertiary alicyclic amines) is 1. The van der Waals surface area contributed by atoms with Crippen LogP contribution < -0.4 is 0 Å². The van der Waals surface area contributed by atoms with E-state index in [-0.39, 0.29) is 5.91 Å². The van der Waals surface area contributed by atoms with E-state index in [2.05, 4.69) is 22.2 Å². The predicted molar refractivity (Wildman–Crippen MR) is 106 cm³/mol. The summed E-state index contributed by atoms with van der Waals surface area (Å²) in [5.74, 6) is 2.47. The van der Waals surface area contributed by atoms with Crippen molar-refractivity contribution in [2.45, 2.75) is 58.3 Å². The van der Waals surface area contributed by atoms with Gasteiger partial charge in [0.1, 0.15) is 0 Å². The third-order valence-corrected chi connectivity index (χ3v) is 6.41. The zero-order valence-electron chi connectivity index (χ0n) is 17.7. The van der Waals surface area contributed by atoms with Crippen molar-refractivity contribution in [3.05, 3.63) is 28.7 Å². The topological polar surface area (TPSA) is 86.3 Å². The van der Waals surface area contributed by atoms with Gasteiger partial charge in [0.2, 0.25) is 11.8 Å². The van der Waals surface area contributed by atoms with Gasteiger partial charge >= 0.3 is 0 Å². The summed E-state index contributed by atoms with van der Waals surface area (Å²) in [6.07, 6.45) is 4.96. The molecular weight excluding hydrogens is 370 g/mol. The summed E-state index contributed by atoms with van der Waals surface area (Å²) in [5, 5.41) is 8.63. The second-order valence-corrected chi connectivity index (χ2v) is 8.41.